The van der Waals surface area contributed by atoms with Gasteiger partial charge in [0.25, 0.3) is 0 Å². The number of aromatic nitrogens is 1. The number of ether oxygens (including phenoxy) is 1. The van der Waals surface area contributed by atoms with Crippen LogP contribution in [0.4, 0.5) is 13.2 Å². The highest BCUT2D eigenvalue weighted by molar-refractivity contribution is 5.97. The Morgan fingerprint density at radius 2 is 1.49 bits per heavy atom. The molecule has 2 nitrogen and oxygen atoms in total. The number of rotatable bonds is 4. The predicted octanol–water partition coefficient (Wildman–Crippen LogP) is 9.33. The van der Waals surface area contributed by atoms with E-state index in [1.54, 1.807) is 31.5 Å². The molecule has 4 aromatic rings. The standard InChI is InChI=1S/C16H16F2.C13H12FNO.CH4/c1-9(2)13-8-12(17)7-11-5-6-14(18)15(10(3)4)16(11)13;1-8(2)10-7-15-6-9-4-5-11(14)13(16-3)12(9)10;/h5-9H,3H2,1-2,4H3;4-7H,1H2,2-3H3;1H4. The average molecular weight is 480 g/mol. The third-order valence-corrected chi connectivity index (χ3v) is 5.60. The summed E-state index contributed by atoms with van der Waals surface area (Å²) < 4.78 is 46.2. The molecule has 0 atom stereocenters. The highest BCUT2D eigenvalue weighted by atomic mass is 19.1. The number of fused-ring (bicyclic) bond motifs is 2. The van der Waals surface area contributed by atoms with E-state index in [-0.39, 0.29) is 36.5 Å². The Hall–Kier alpha value is -3.60. The summed E-state index contributed by atoms with van der Waals surface area (Å²) in [5, 5.41) is 3.07. The van der Waals surface area contributed by atoms with Crippen molar-refractivity contribution in [3.63, 3.8) is 0 Å². The van der Waals surface area contributed by atoms with E-state index >= 15 is 0 Å². The molecule has 0 saturated heterocycles. The topological polar surface area (TPSA) is 22.1 Å². The molecule has 0 radical (unpaired) electrons. The molecule has 0 spiro atoms. The highest BCUT2D eigenvalue weighted by Crippen LogP contribution is 2.35. The molecule has 0 aliphatic carbocycles. The molecule has 0 aliphatic rings. The zero-order valence-corrected chi connectivity index (χ0v) is 20.1. The number of methoxy groups -OCH3 is 1. The molecule has 0 saturated carbocycles. The maximum atomic E-state index is 14.0. The SMILES string of the molecule is C.C=C(C)c1c(F)ccc2cc(F)cc(C(C)C)c12.C=C(C)c1cncc2ccc(F)c(OC)c12. The fourth-order valence-electron chi connectivity index (χ4n) is 4.05. The second kappa shape index (κ2) is 11.2. The van der Waals surface area contributed by atoms with E-state index in [2.05, 4.69) is 18.1 Å². The molecule has 1 heterocycles. The molecule has 35 heavy (non-hydrogen) atoms. The van der Waals surface area contributed by atoms with Crippen LogP contribution in [0.5, 0.6) is 5.75 Å². The van der Waals surface area contributed by atoms with Crippen LogP contribution in [0, 0.1) is 17.5 Å². The van der Waals surface area contributed by atoms with Gasteiger partial charge in [0.15, 0.2) is 11.6 Å². The molecule has 0 bridgehead atoms. The minimum absolute atomic E-state index is 0. The second-order valence-electron chi connectivity index (χ2n) is 8.60. The van der Waals surface area contributed by atoms with Crippen LogP contribution in [0.1, 0.15) is 57.7 Å². The van der Waals surface area contributed by atoms with Crippen molar-refractivity contribution in [1.82, 2.24) is 4.98 Å². The summed E-state index contributed by atoms with van der Waals surface area (Å²) in [7, 11) is 1.46. The van der Waals surface area contributed by atoms with Crippen molar-refractivity contribution in [3.8, 4) is 5.75 Å². The molecule has 0 aliphatic heterocycles. The normalized spacial score (nSPS) is 10.5. The fourth-order valence-corrected chi connectivity index (χ4v) is 4.05. The molecule has 0 unspecified atom stereocenters. The number of allylic oxidation sites excluding steroid dienone is 2. The van der Waals surface area contributed by atoms with Gasteiger partial charge in [-0.2, -0.15) is 0 Å². The van der Waals surface area contributed by atoms with Gasteiger partial charge in [0, 0.05) is 34.3 Å². The zero-order chi connectivity index (χ0) is 25.2. The number of hydrogen-bond acceptors (Lipinski definition) is 2. The minimum atomic E-state index is -0.372. The van der Waals surface area contributed by atoms with Gasteiger partial charge in [-0.3, -0.25) is 4.98 Å². The number of halogens is 3. The number of benzene rings is 3. The summed E-state index contributed by atoms with van der Waals surface area (Å²) in [6, 6.07) is 8.98. The summed E-state index contributed by atoms with van der Waals surface area (Å²) in [5.74, 6) is -0.585. The molecule has 4 rings (SSSR count). The van der Waals surface area contributed by atoms with Crippen molar-refractivity contribution in [2.75, 3.05) is 7.11 Å². The Bertz CT molecular complexity index is 1410. The van der Waals surface area contributed by atoms with Crippen LogP contribution in [0.15, 0.2) is 61.9 Å². The maximum Gasteiger partial charge on any atom is 0.165 e. The lowest BCUT2D eigenvalue weighted by molar-refractivity contribution is 0.392. The van der Waals surface area contributed by atoms with Gasteiger partial charge in [0.05, 0.1) is 7.11 Å². The van der Waals surface area contributed by atoms with Gasteiger partial charge in [-0.1, -0.05) is 40.5 Å². The molecule has 0 N–H and O–H groups in total. The molecule has 184 valence electrons. The second-order valence-corrected chi connectivity index (χ2v) is 8.60. The number of pyridine rings is 1. The van der Waals surface area contributed by atoms with Crippen molar-refractivity contribution in [2.24, 2.45) is 0 Å². The van der Waals surface area contributed by atoms with Gasteiger partial charge in [-0.25, -0.2) is 13.2 Å². The molecule has 0 amide bonds. The Balaban J connectivity index is 0.000000241. The van der Waals surface area contributed by atoms with Crippen LogP contribution in [-0.2, 0) is 0 Å². The van der Waals surface area contributed by atoms with Crippen LogP contribution >= 0.6 is 0 Å². The van der Waals surface area contributed by atoms with E-state index in [1.807, 2.05) is 20.8 Å². The number of hydrogen-bond donors (Lipinski definition) is 0. The van der Waals surface area contributed by atoms with Crippen LogP contribution in [0.25, 0.3) is 32.7 Å². The van der Waals surface area contributed by atoms with Gasteiger partial charge in [0.2, 0.25) is 0 Å². The van der Waals surface area contributed by atoms with Crippen LogP contribution in [0.2, 0.25) is 0 Å². The molecule has 3 aromatic carbocycles. The van der Waals surface area contributed by atoms with E-state index in [4.69, 9.17) is 4.74 Å². The van der Waals surface area contributed by atoms with E-state index < -0.39 is 0 Å². The Kier molecular flexibility index (Phi) is 8.86. The molecule has 1 aromatic heterocycles. The molecule has 0 fully saturated rings. The average Bonchev–Trinajstić information content (AvgIpc) is 2.78. The maximum absolute atomic E-state index is 14.0. The van der Waals surface area contributed by atoms with E-state index in [0.29, 0.717) is 11.1 Å². The van der Waals surface area contributed by atoms with Crippen molar-refractivity contribution in [1.29, 1.82) is 0 Å². The monoisotopic (exact) mass is 479 g/mol. The van der Waals surface area contributed by atoms with Crippen molar-refractivity contribution >= 4 is 32.7 Å². The Labute approximate surface area is 205 Å². The molecule has 5 heteroatoms. The summed E-state index contributed by atoms with van der Waals surface area (Å²) in [5.41, 5.74) is 3.63. The van der Waals surface area contributed by atoms with Crippen LogP contribution in [0.3, 0.4) is 0 Å². The number of nitrogens with zero attached hydrogens (tertiary/aromatic N) is 1. The van der Waals surface area contributed by atoms with Crippen molar-refractivity contribution in [2.45, 2.75) is 41.0 Å². The molecular weight excluding hydrogens is 447 g/mol. The first-order valence-electron chi connectivity index (χ1n) is 10.9. The lowest BCUT2D eigenvalue weighted by Gasteiger charge is -2.15. The summed E-state index contributed by atoms with van der Waals surface area (Å²) >= 11 is 0. The molecular formula is C30H32F3NO. The first kappa shape index (κ1) is 27.6. The lowest BCUT2D eigenvalue weighted by atomic mass is 9.90. The summed E-state index contributed by atoms with van der Waals surface area (Å²) in [6.45, 7) is 15.3. The van der Waals surface area contributed by atoms with Crippen molar-refractivity contribution in [3.05, 3.63) is 96.1 Å². The third-order valence-electron chi connectivity index (χ3n) is 5.60. The van der Waals surface area contributed by atoms with E-state index in [1.165, 1.54) is 31.4 Å². The first-order valence-corrected chi connectivity index (χ1v) is 10.9. The van der Waals surface area contributed by atoms with Gasteiger partial charge >= 0.3 is 0 Å². The van der Waals surface area contributed by atoms with Crippen LogP contribution in [-0.4, -0.2) is 12.1 Å². The highest BCUT2D eigenvalue weighted by Gasteiger charge is 2.15. The van der Waals surface area contributed by atoms with Gasteiger partial charge in [-0.05, 0) is 77.6 Å². The van der Waals surface area contributed by atoms with Gasteiger partial charge in [0.1, 0.15) is 11.6 Å². The smallest absolute Gasteiger partial charge is 0.165 e. The quantitative estimate of drug-likeness (QED) is 0.291. The Morgan fingerprint density at radius 1 is 0.857 bits per heavy atom. The lowest BCUT2D eigenvalue weighted by Crippen LogP contribution is -1.97. The van der Waals surface area contributed by atoms with Gasteiger partial charge in [-0.15, -0.1) is 0 Å². The van der Waals surface area contributed by atoms with E-state index in [0.717, 1.165) is 38.2 Å². The summed E-state index contributed by atoms with van der Waals surface area (Å²) in [4.78, 5) is 4.10. The third kappa shape index (κ3) is 5.56. The fraction of sp³-hybridized carbons (Fsp3) is 0.233. The Morgan fingerprint density at radius 3 is 2.06 bits per heavy atom. The van der Waals surface area contributed by atoms with Gasteiger partial charge < -0.3 is 4.74 Å². The predicted molar refractivity (Wildman–Crippen MR) is 142 cm³/mol. The van der Waals surface area contributed by atoms with E-state index in [9.17, 15) is 13.2 Å². The van der Waals surface area contributed by atoms with Crippen LogP contribution < -0.4 is 4.74 Å². The first-order chi connectivity index (χ1) is 16.1. The van der Waals surface area contributed by atoms with Crippen molar-refractivity contribution < 1.29 is 17.9 Å². The minimum Gasteiger partial charge on any atom is -0.493 e. The summed E-state index contributed by atoms with van der Waals surface area (Å²) in [6.07, 6.45) is 3.36. The zero-order valence-electron chi connectivity index (χ0n) is 20.1. The largest absolute Gasteiger partial charge is 0.493 e.